The summed E-state index contributed by atoms with van der Waals surface area (Å²) in [5, 5.41) is 3.72. The molecule has 3 N–H and O–H groups in total. The molecule has 0 aliphatic heterocycles. The Labute approximate surface area is 95.0 Å². The van der Waals surface area contributed by atoms with Crippen molar-refractivity contribution in [1.82, 2.24) is 5.32 Å². The van der Waals surface area contributed by atoms with E-state index in [1.54, 1.807) is 0 Å². The lowest BCUT2D eigenvalue weighted by atomic mass is 9.74. The lowest BCUT2D eigenvalue weighted by molar-refractivity contribution is 0.176. The predicted octanol–water partition coefficient (Wildman–Crippen LogP) is 2.53. The van der Waals surface area contributed by atoms with E-state index in [1.165, 1.54) is 32.1 Å². The Hall–Kier alpha value is -0.0800. The van der Waals surface area contributed by atoms with Crippen LogP contribution in [0.15, 0.2) is 0 Å². The van der Waals surface area contributed by atoms with E-state index in [0.717, 1.165) is 24.9 Å². The van der Waals surface area contributed by atoms with Gasteiger partial charge < -0.3 is 11.1 Å². The van der Waals surface area contributed by atoms with E-state index < -0.39 is 0 Å². The standard InChI is InChI=1S/C13H28N2/c1-4-12-6-5-7-13(8-12,10-14)15-9-11(2)3/h11-12,15H,4-10,14H2,1-3H3. The van der Waals surface area contributed by atoms with Crippen molar-refractivity contribution in [3.8, 4) is 0 Å². The highest BCUT2D eigenvalue weighted by Crippen LogP contribution is 2.33. The van der Waals surface area contributed by atoms with Gasteiger partial charge in [-0.25, -0.2) is 0 Å². The van der Waals surface area contributed by atoms with E-state index in [2.05, 4.69) is 26.1 Å². The zero-order chi connectivity index (χ0) is 11.3. The summed E-state index contributed by atoms with van der Waals surface area (Å²) in [5.41, 5.74) is 6.23. The molecule has 1 saturated carbocycles. The highest BCUT2D eigenvalue weighted by Gasteiger charge is 2.33. The Balaban J connectivity index is 2.50. The number of hydrogen-bond donors (Lipinski definition) is 2. The van der Waals surface area contributed by atoms with E-state index in [-0.39, 0.29) is 5.54 Å². The van der Waals surface area contributed by atoms with Crippen molar-refractivity contribution in [2.45, 2.75) is 58.4 Å². The normalized spacial score (nSPS) is 32.2. The van der Waals surface area contributed by atoms with Gasteiger partial charge in [0.15, 0.2) is 0 Å². The molecular weight excluding hydrogens is 184 g/mol. The van der Waals surface area contributed by atoms with Crippen molar-refractivity contribution >= 4 is 0 Å². The third-order valence-electron chi connectivity index (χ3n) is 3.80. The lowest BCUT2D eigenvalue weighted by Crippen LogP contribution is -2.54. The van der Waals surface area contributed by atoms with Crippen molar-refractivity contribution < 1.29 is 0 Å². The molecule has 0 aromatic rings. The molecule has 0 bridgehead atoms. The first kappa shape index (κ1) is 13.0. The molecule has 0 heterocycles. The summed E-state index contributed by atoms with van der Waals surface area (Å²) in [7, 11) is 0. The third kappa shape index (κ3) is 3.76. The minimum atomic E-state index is 0.253. The van der Waals surface area contributed by atoms with Crippen molar-refractivity contribution in [1.29, 1.82) is 0 Å². The number of rotatable bonds is 5. The van der Waals surface area contributed by atoms with Gasteiger partial charge in [0.05, 0.1) is 0 Å². The van der Waals surface area contributed by atoms with E-state index in [1.807, 2.05) is 0 Å². The van der Waals surface area contributed by atoms with E-state index in [9.17, 15) is 0 Å². The number of nitrogens with two attached hydrogens (primary N) is 1. The average molecular weight is 212 g/mol. The van der Waals surface area contributed by atoms with Gasteiger partial charge in [-0.3, -0.25) is 0 Å². The topological polar surface area (TPSA) is 38.0 Å². The van der Waals surface area contributed by atoms with E-state index in [0.29, 0.717) is 0 Å². The first-order chi connectivity index (χ1) is 7.12. The molecule has 0 saturated heterocycles. The van der Waals surface area contributed by atoms with Crippen LogP contribution in [0.2, 0.25) is 0 Å². The summed E-state index contributed by atoms with van der Waals surface area (Å²) >= 11 is 0. The fourth-order valence-electron chi connectivity index (χ4n) is 2.67. The molecule has 0 aromatic carbocycles. The maximum atomic E-state index is 5.98. The van der Waals surface area contributed by atoms with Crippen LogP contribution in [-0.2, 0) is 0 Å². The molecular formula is C13H28N2. The molecule has 2 atom stereocenters. The fraction of sp³-hybridized carbons (Fsp3) is 1.00. The van der Waals surface area contributed by atoms with E-state index in [4.69, 9.17) is 5.73 Å². The molecule has 15 heavy (non-hydrogen) atoms. The minimum absolute atomic E-state index is 0.253. The second-order valence-corrected chi connectivity index (χ2v) is 5.63. The van der Waals surface area contributed by atoms with Crippen molar-refractivity contribution in [3.63, 3.8) is 0 Å². The number of hydrogen-bond acceptors (Lipinski definition) is 2. The summed E-state index contributed by atoms with van der Waals surface area (Å²) < 4.78 is 0. The van der Waals surface area contributed by atoms with Crippen molar-refractivity contribution in [2.75, 3.05) is 13.1 Å². The largest absolute Gasteiger partial charge is 0.329 e. The van der Waals surface area contributed by atoms with Crippen LogP contribution in [0, 0.1) is 11.8 Å². The Morgan fingerprint density at radius 2 is 2.20 bits per heavy atom. The molecule has 90 valence electrons. The average Bonchev–Trinajstić information content (AvgIpc) is 2.26. The van der Waals surface area contributed by atoms with Gasteiger partial charge in [0, 0.05) is 12.1 Å². The maximum absolute atomic E-state index is 5.98. The molecule has 1 fully saturated rings. The Morgan fingerprint density at radius 1 is 1.47 bits per heavy atom. The summed E-state index contributed by atoms with van der Waals surface area (Å²) in [5.74, 6) is 1.61. The van der Waals surface area contributed by atoms with Crippen LogP contribution in [-0.4, -0.2) is 18.6 Å². The third-order valence-corrected chi connectivity index (χ3v) is 3.80. The van der Waals surface area contributed by atoms with Gasteiger partial charge in [-0.05, 0) is 31.2 Å². The first-order valence-electron chi connectivity index (χ1n) is 6.57. The van der Waals surface area contributed by atoms with Gasteiger partial charge in [0.2, 0.25) is 0 Å². The monoisotopic (exact) mass is 212 g/mol. The Morgan fingerprint density at radius 3 is 2.73 bits per heavy atom. The van der Waals surface area contributed by atoms with Gasteiger partial charge in [-0.1, -0.05) is 40.0 Å². The first-order valence-corrected chi connectivity index (χ1v) is 6.57. The molecule has 0 amide bonds. The smallest absolute Gasteiger partial charge is 0.0306 e. The van der Waals surface area contributed by atoms with Gasteiger partial charge in [-0.15, -0.1) is 0 Å². The van der Waals surface area contributed by atoms with Crippen LogP contribution < -0.4 is 11.1 Å². The van der Waals surface area contributed by atoms with Crippen LogP contribution in [0.3, 0.4) is 0 Å². The SMILES string of the molecule is CCC1CCCC(CN)(NCC(C)C)C1. The quantitative estimate of drug-likeness (QED) is 0.735. The Bertz CT molecular complexity index is 179. The Kier molecular flexibility index (Phi) is 5.07. The summed E-state index contributed by atoms with van der Waals surface area (Å²) in [6.45, 7) is 8.73. The zero-order valence-corrected chi connectivity index (χ0v) is 10.7. The molecule has 2 unspecified atom stereocenters. The van der Waals surface area contributed by atoms with Crippen LogP contribution in [0.1, 0.15) is 52.9 Å². The van der Waals surface area contributed by atoms with E-state index >= 15 is 0 Å². The molecule has 0 radical (unpaired) electrons. The minimum Gasteiger partial charge on any atom is -0.329 e. The molecule has 1 rings (SSSR count). The molecule has 0 aromatic heterocycles. The van der Waals surface area contributed by atoms with Crippen LogP contribution in [0.4, 0.5) is 0 Å². The highest BCUT2D eigenvalue weighted by atomic mass is 15.0. The predicted molar refractivity (Wildman–Crippen MR) is 66.9 cm³/mol. The molecule has 0 spiro atoms. The highest BCUT2D eigenvalue weighted by molar-refractivity contribution is 4.94. The van der Waals surface area contributed by atoms with Gasteiger partial charge >= 0.3 is 0 Å². The molecule has 2 heteroatoms. The maximum Gasteiger partial charge on any atom is 0.0306 e. The molecule has 2 nitrogen and oxygen atoms in total. The second kappa shape index (κ2) is 5.86. The van der Waals surface area contributed by atoms with Crippen molar-refractivity contribution in [2.24, 2.45) is 17.6 Å². The molecule has 1 aliphatic rings. The van der Waals surface area contributed by atoms with Gasteiger partial charge in [0.1, 0.15) is 0 Å². The summed E-state index contributed by atoms with van der Waals surface area (Å²) in [4.78, 5) is 0. The molecule has 1 aliphatic carbocycles. The lowest BCUT2D eigenvalue weighted by Gasteiger charge is -2.41. The summed E-state index contributed by atoms with van der Waals surface area (Å²) in [6.07, 6.45) is 6.62. The van der Waals surface area contributed by atoms with Crippen LogP contribution in [0.5, 0.6) is 0 Å². The summed E-state index contributed by atoms with van der Waals surface area (Å²) in [6, 6.07) is 0. The second-order valence-electron chi connectivity index (χ2n) is 5.63. The van der Waals surface area contributed by atoms with Crippen LogP contribution >= 0.6 is 0 Å². The van der Waals surface area contributed by atoms with Crippen molar-refractivity contribution in [3.05, 3.63) is 0 Å². The zero-order valence-electron chi connectivity index (χ0n) is 10.7. The fourth-order valence-corrected chi connectivity index (χ4v) is 2.67. The number of nitrogens with one attached hydrogen (secondary N) is 1. The van der Waals surface area contributed by atoms with Gasteiger partial charge in [0.25, 0.3) is 0 Å². The van der Waals surface area contributed by atoms with Crippen LogP contribution in [0.25, 0.3) is 0 Å². The van der Waals surface area contributed by atoms with Gasteiger partial charge in [-0.2, -0.15) is 0 Å².